The number of amides is 1. The number of methoxy groups -OCH3 is 3. The van der Waals surface area contributed by atoms with Crippen LogP contribution in [0.5, 0.6) is 17.2 Å². The third-order valence-electron chi connectivity index (χ3n) is 2.76. The molecule has 7 heteroatoms. The second-order valence-corrected chi connectivity index (χ2v) is 4.03. The molecular weight excluding hydrogens is 284 g/mol. The highest BCUT2D eigenvalue weighted by Gasteiger charge is 2.16. The van der Waals surface area contributed by atoms with Crippen molar-refractivity contribution in [2.45, 2.75) is 6.92 Å². The van der Waals surface area contributed by atoms with Crippen LogP contribution >= 0.6 is 12.4 Å². The Balaban J connectivity index is 0.00000361. The molecular formula is C13H21ClN2O4. The van der Waals surface area contributed by atoms with Crippen LogP contribution in [-0.4, -0.2) is 33.8 Å². The fourth-order valence-electron chi connectivity index (χ4n) is 1.49. The Morgan fingerprint density at radius 3 is 2.10 bits per heavy atom. The van der Waals surface area contributed by atoms with Gasteiger partial charge in [-0.05, 0) is 0 Å². The number of anilines is 1. The summed E-state index contributed by atoms with van der Waals surface area (Å²) in [5.74, 6) is 1.09. The molecule has 0 spiro atoms. The Morgan fingerprint density at radius 2 is 1.65 bits per heavy atom. The van der Waals surface area contributed by atoms with Crippen LogP contribution in [0.4, 0.5) is 5.69 Å². The van der Waals surface area contributed by atoms with Crippen molar-refractivity contribution in [1.29, 1.82) is 0 Å². The number of nitrogens with two attached hydrogens (primary N) is 1. The Labute approximate surface area is 125 Å². The standard InChI is InChI=1S/C13H20N2O4.ClH/c1-8(7-14)13(16)15-9-5-11(18-3)12(19-4)6-10(9)17-2;/h5-6,8H,7,14H2,1-4H3,(H,15,16);1H. The monoisotopic (exact) mass is 304 g/mol. The topological polar surface area (TPSA) is 82.8 Å². The van der Waals surface area contributed by atoms with Crippen molar-refractivity contribution in [3.63, 3.8) is 0 Å². The van der Waals surface area contributed by atoms with Gasteiger partial charge in [-0.2, -0.15) is 0 Å². The van der Waals surface area contributed by atoms with E-state index in [1.807, 2.05) is 0 Å². The third kappa shape index (κ3) is 4.18. The van der Waals surface area contributed by atoms with E-state index in [-0.39, 0.29) is 30.8 Å². The van der Waals surface area contributed by atoms with E-state index in [2.05, 4.69) is 5.32 Å². The van der Waals surface area contributed by atoms with Crippen molar-refractivity contribution in [3.05, 3.63) is 12.1 Å². The summed E-state index contributed by atoms with van der Waals surface area (Å²) in [5.41, 5.74) is 5.98. The van der Waals surface area contributed by atoms with Crippen molar-refractivity contribution in [2.75, 3.05) is 33.2 Å². The SMILES string of the molecule is COc1cc(OC)c(OC)cc1NC(=O)C(C)CN.Cl. The number of carbonyl (C=O) groups excluding carboxylic acids is 1. The van der Waals surface area contributed by atoms with Gasteiger partial charge in [0, 0.05) is 24.6 Å². The van der Waals surface area contributed by atoms with Gasteiger partial charge in [0.2, 0.25) is 5.91 Å². The first-order chi connectivity index (χ1) is 9.07. The largest absolute Gasteiger partial charge is 0.494 e. The van der Waals surface area contributed by atoms with Gasteiger partial charge in [0.15, 0.2) is 11.5 Å². The summed E-state index contributed by atoms with van der Waals surface area (Å²) in [4.78, 5) is 11.8. The summed E-state index contributed by atoms with van der Waals surface area (Å²) in [6, 6.07) is 3.31. The van der Waals surface area contributed by atoms with Crippen molar-refractivity contribution in [1.82, 2.24) is 0 Å². The molecule has 0 fully saturated rings. The number of ether oxygens (including phenoxy) is 3. The molecule has 114 valence electrons. The minimum absolute atomic E-state index is 0. The van der Waals surface area contributed by atoms with Crippen molar-refractivity contribution in [2.24, 2.45) is 11.7 Å². The van der Waals surface area contributed by atoms with Crippen LogP contribution in [0.1, 0.15) is 6.92 Å². The Morgan fingerprint density at radius 1 is 1.15 bits per heavy atom. The fraction of sp³-hybridized carbons (Fsp3) is 0.462. The molecule has 3 N–H and O–H groups in total. The number of rotatable bonds is 6. The lowest BCUT2D eigenvalue weighted by atomic mass is 10.1. The molecule has 1 aromatic rings. The van der Waals surface area contributed by atoms with Crippen LogP contribution in [0, 0.1) is 5.92 Å². The molecule has 0 aromatic heterocycles. The van der Waals surface area contributed by atoms with Gasteiger partial charge in [-0.25, -0.2) is 0 Å². The molecule has 20 heavy (non-hydrogen) atoms. The lowest BCUT2D eigenvalue weighted by Crippen LogP contribution is -2.26. The van der Waals surface area contributed by atoms with Crippen LogP contribution < -0.4 is 25.3 Å². The number of carbonyl (C=O) groups is 1. The first-order valence-corrected chi connectivity index (χ1v) is 5.88. The number of hydrogen-bond donors (Lipinski definition) is 2. The maximum atomic E-state index is 11.8. The minimum Gasteiger partial charge on any atom is -0.494 e. The molecule has 1 amide bonds. The first kappa shape index (κ1) is 18.3. The quantitative estimate of drug-likeness (QED) is 0.835. The molecule has 6 nitrogen and oxygen atoms in total. The lowest BCUT2D eigenvalue weighted by Gasteiger charge is -2.16. The summed E-state index contributed by atoms with van der Waals surface area (Å²) in [6.45, 7) is 2.03. The van der Waals surface area contributed by atoms with Crippen LogP contribution in [-0.2, 0) is 4.79 Å². The third-order valence-corrected chi connectivity index (χ3v) is 2.76. The summed E-state index contributed by atoms with van der Waals surface area (Å²) in [5, 5.41) is 2.76. The van der Waals surface area contributed by atoms with Gasteiger partial charge in [0.1, 0.15) is 5.75 Å². The predicted octanol–water partition coefficient (Wildman–Crippen LogP) is 1.67. The molecule has 0 saturated carbocycles. The van der Waals surface area contributed by atoms with E-state index in [0.29, 0.717) is 22.9 Å². The van der Waals surface area contributed by atoms with E-state index >= 15 is 0 Å². The maximum Gasteiger partial charge on any atom is 0.228 e. The van der Waals surface area contributed by atoms with E-state index in [1.165, 1.54) is 21.3 Å². The molecule has 0 aliphatic rings. The lowest BCUT2D eigenvalue weighted by molar-refractivity contribution is -0.119. The summed E-state index contributed by atoms with van der Waals surface area (Å²) < 4.78 is 15.6. The van der Waals surface area contributed by atoms with Gasteiger partial charge >= 0.3 is 0 Å². The Hall–Kier alpha value is -1.66. The summed E-state index contributed by atoms with van der Waals surface area (Å²) in [7, 11) is 4.58. The van der Waals surface area contributed by atoms with Gasteiger partial charge < -0.3 is 25.3 Å². The van der Waals surface area contributed by atoms with Crippen LogP contribution in [0.3, 0.4) is 0 Å². The van der Waals surface area contributed by atoms with E-state index in [9.17, 15) is 4.79 Å². The van der Waals surface area contributed by atoms with E-state index < -0.39 is 0 Å². The Bertz CT molecular complexity index is 454. The number of halogens is 1. The predicted molar refractivity (Wildman–Crippen MR) is 80.2 cm³/mol. The molecule has 1 rings (SSSR count). The van der Waals surface area contributed by atoms with E-state index in [0.717, 1.165) is 0 Å². The van der Waals surface area contributed by atoms with Gasteiger partial charge in [-0.3, -0.25) is 4.79 Å². The zero-order valence-electron chi connectivity index (χ0n) is 12.1. The molecule has 0 aliphatic carbocycles. The molecule has 1 aromatic carbocycles. The zero-order valence-corrected chi connectivity index (χ0v) is 12.9. The molecule has 1 atom stereocenters. The van der Waals surface area contributed by atoms with Crippen molar-refractivity contribution < 1.29 is 19.0 Å². The van der Waals surface area contributed by atoms with Gasteiger partial charge in [0.25, 0.3) is 0 Å². The van der Waals surface area contributed by atoms with Crippen molar-refractivity contribution in [3.8, 4) is 17.2 Å². The van der Waals surface area contributed by atoms with Gasteiger partial charge in [-0.1, -0.05) is 6.92 Å². The zero-order chi connectivity index (χ0) is 14.4. The first-order valence-electron chi connectivity index (χ1n) is 5.88. The van der Waals surface area contributed by atoms with Gasteiger partial charge in [0.05, 0.1) is 27.0 Å². The van der Waals surface area contributed by atoms with Gasteiger partial charge in [-0.15, -0.1) is 12.4 Å². The minimum atomic E-state index is -0.280. The Kier molecular flexibility index (Phi) is 7.79. The summed E-state index contributed by atoms with van der Waals surface area (Å²) >= 11 is 0. The van der Waals surface area contributed by atoms with E-state index in [4.69, 9.17) is 19.9 Å². The average Bonchev–Trinajstić information content (AvgIpc) is 2.45. The number of hydrogen-bond acceptors (Lipinski definition) is 5. The van der Waals surface area contributed by atoms with E-state index in [1.54, 1.807) is 19.1 Å². The number of nitrogens with one attached hydrogen (secondary N) is 1. The highest BCUT2D eigenvalue weighted by atomic mass is 35.5. The fourth-order valence-corrected chi connectivity index (χ4v) is 1.49. The highest BCUT2D eigenvalue weighted by Crippen LogP contribution is 2.37. The number of benzene rings is 1. The smallest absolute Gasteiger partial charge is 0.228 e. The maximum absolute atomic E-state index is 11.8. The normalized spacial score (nSPS) is 11.1. The molecule has 0 heterocycles. The molecule has 0 aliphatic heterocycles. The van der Waals surface area contributed by atoms with Crippen LogP contribution in [0.2, 0.25) is 0 Å². The molecule has 0 bridgehead atoms. The summed E-state index contributed by atoms with van der Waals surface area (Å²) in [6.07, 6.45) is 0. The highest BCUT2D eigenvalue weighted by molar-refractivity contribution is 5.94. The van der Waals surface area contributed by atoms with Crippen LogP contribution in [0.15, 0.2) is 12.1 Å². The second-order valence-electron chi connectivity index (χ2n) is 4.03. The molecule has 0 saturated heterocycles. The van der Waals surface area contributed by atoms with Crippen LogP contribution in [0.25, 0.3) is 0 Å². The second kappa shape index (κ2) is 8.50. The van der Waals surface area contributed by atoms with Crippen molar-refractivity contribution >= 4 is 24.0 Å². The average molecular weight is 305 g/mol. The molecule has 0 radical (unpaired) electrons. The molecule has 1 unspecified atom stereocenters.